The molecule has 11 nitrogen and oxygen atoms in total. The molecule has 0 radical (unpaired) electrons. The zero-order valence-electron chi connectivity index (χ0n) is 22.5. The monoisotopic (exact) mass is 592 g/mol. The van der Waals surface area contributed by atoms with E-state index < -0.39 is 5.97 Å². The second-order valence-corrected chi connectivity index (χ2v) is 9.56. The summed E-state index contributed by atoms with van der Waals surface area (Å²) in [5.41, 5.74) is 5.52. The van der Waals surface area contributed by atoms with Crippen molar-refractivity contribution in [2.24, 2.45) is 0 Å². The molecule has 1 fully saturated rings. The molecular formula is C30H29KN6O5. The summed E-state index contributed by atoms with van der Waals surface area (Å²) in [5.74, 6) is 0.125. The first kappa shape index (κ1) is 30.1. The Bertz CT molecular complexity index is 1690. The number of nitrogens with zero attached hydrogens (tertiary/aromatic N) is 5. The molecule has 0 bridgehead atoms. The maximum atomic E-state index is 11.9. The average molecular weight is 593 g/mol. The van der Waals surface area contributed by atoms with Crippen LogP contribution in [0.5, 0.6) is 5.75 Å². The average Bonchev–Trinajstić information content (AvgIpc) is 3.68. The molecule has 1 saturated heterocycles. The van der Waals surface area contributed by atoms with Crippen LogP contribution in [0.4, 0.5) is 17.2 Å². The minimum atomic E-state index is -1.11. The van der Waals surface area contributed by atoms with Crippen LogP contribution in [0.2, 0.25) is 0 Å². The number of rotatable bonds is 9. The number of aromatic nitrogens is 4. The molecule has 1 aliphatic rings. The fourth-order valence-corrected chi connectivity index (χ4v) is 4.70. The number of aromatic carboxylic acids is 1. The Balaban J connectivity index is 0.00000353. The number of carboxylic acids is 1. The van der Waals surface area contributed by atoms with E-state index in [-0.39, 0.29) is 63.4 Å². The van der Waals surface area contributed by atoms with E-state index in [2.05, 4.69) is 20.4 Å². The molecule has 5 aromatic rings. The summed E-state index contributed by atoms with van der Waals surface area (Å²) in [6.45, 7) is 1.71. The van der Waals surface area contributed by atoms with Crippen LogP contribution in [0.15, 0.2) is 79.1 Å². The quantitative estimate of drug-likeness (QED) is 0.240. The van der Waals surface area contributed by atoms with Crippen LogP contribution in [0.1, 0.15) is 27.9 Å². The summed E-state index contributed by atoms with van der Waals surface area (Å²) in [5, 5.41) is 17.6. The van der Waals surface area contributed by atoms with E-state index in [1.54, 1.807) is 13.3 Å². The number of ether oxygens (including phenoxy) is 3. The van der Waals surface area contributed by atoms with Crippen LogP contribution >= 0.6 is 0 Å². The number of methoxy groups -OCH3 is 1. The van der Waals surface area contributed by atoms with Gasteiger partial charge in [-0.1, -0.05) is 30.3 Å². The maximum absolute atomic E-state index is 11.9. The Labute approximate surface area is 284 Å². The Morgan fingerprint density at radius 1 is 1.07 bits per heavy atom. The van der Waals surface area contributed by atoms with E-state index in [9.17, 15) is 9.90 Å². The molecule has 0 amide bonds. The van der Waals surface area contributed by atoms with E-state index in [0.29, 0.717) is 31.2 Å². The van der Waals surface area contributed by atoms with Gasteiger partial charge in [0.1, 0.15) is 5.75 Å². The van der Waals surface area contributed by atoms with Gasteiger partial charge in [0.15, 0.2) is 23.4 Å². The number of nitrogens with one attached hydrogen (secondary N) is 1. The van der Waals surface area contributed by atoms with Crippen molar-refractivity contribution >= 4 is 80.2 Å². The molecule has 2 aromatic carbocycles. The molecule has 12 heteroatoms. The van der Waals surface area contributed by atoms with Crippen molar-refractivity contribution in [1.29, 1.82) is 0 Å². The Hall–Kier alpha value is -3.36. The van der Waals surface area contributed by atoms with Crippen molar-refractivity contribution in [2.45, 2.75) is 12.8 Å². The first-order valence-electron chi connectivity index (χ1n) is 13.0. The third-order valence-electron chi connectivity index (χ3n) is 6.77. The predicted molar refractivity (Wildman–Crippen MR) is 160 cm³/mol. The van der Waals surface area contributed by atoms with Gasteiger partial charge in [-0.15, -0.1) is 5.10 Å². The zero-order valence-corrected chi connectivity index (χ0v) is 22.5. The van der Waals surface area contributed by atoms with Crippen LogP contribution in [0.25, 0.3) is 16.9 Å². The van der Waals surface area contributed by atoms with Gasteiger partial charge in [-0.2, -0.15) is 0 Å². The number of anilines is 3. The molecule has 4 heterocycles. The standard InChI is InChI=1S/C30H28N6O5.K.H/c1-35(18-19-6-9-23(39-2)10-7-19)25-15-27(34-36-26(29(37)38)17-32-28(25)36)33-22-5-3-4-20(14-22)24-11-8-21(16-31-24)30-40-12-13-41-30;;/h3-11,14-17,30H,12-13,18H2,1-2H3,(H,33,34)(H,37,38);;. The summed E-state index contributed by atoms with van der Waals surface area (Å²) in [6, 6.07) is 21.3. The van der Waals surface area contributed by atoms with Crippen molar-refractivity contribution in [2.75, 3.05) is 37.6 Å². The van der Waals surface area contributed by atoms with Gasteiger partial charge in [-0.25, -0.2) is 14.3 Å². The second kappa shape index (κ2) is 13.3. The van der Waals surface area contributed by atoms with Crippen molar-refractivity contribution in [3.8, 4) is 17.0 Å². The number of carbonyl (C=O) groups is 1. The van der Waals surface area contributed by atoms with Gasteiger partial charge in [0.05, 0.1) is 37.9 Å². The van der Waals surface area contributed by atoms with Gasteiger partial charge in [0.2, 0.25) is 0 Å². The number of hydrogen-bond acceptors (Lipinski definition) is 9. The molecule has 42 heavy (non-hydrogen) atoms. The molecule has 3 aromatic heterocycles. The minimum absolute atomic E-state index is 0. The number of hydrogen-bond donors (Lipinski definition) is 2. The summed E-state index contributed by atoms with van der Waals surface area (Å²) in [4.78, 5) is 22.9. The molecule has 1 aliphatic heterocycles. The Kier molecular flexibility index (Phi) is 9.53. The van der Waals surface area contributed by atoms with Gasteiger partial charge in [0, 0.05) is 42.7 Å². The fourth-order valence-electron chi connectivity index (χ4n) is 4.70. The molecular weight excluding hydrogens is 563 g/mol. The van der Waals surface area contributed by atoms with E-state index in [1.807, 2.05) is 78.7 Å². The Morgan fingerprint density at radius 3 is 2.55 bits per heavy atom. The van der Waals surface area contributed by atoms with Gasteiger partial charge in [-0.05, 0) is 35.9 Å². The van der Waals surface area contributed by atoms with Gasteiger partial charge >= 0.3 is 57.4 Å². The molecule has 2 N–H and O–H groups in total. The van der Waals surface area contributed by atoms with Gasteiger partial charge < -0.3 is 29.5 Å². The van der Waals surface area contributed by atoms with Crippen molar-refractivity contribution in [1.82, 2.24) is 19.6 Å². The first-order chi connectivity index (χ1) is 20.0. The number of pyridine rings is 1. The van der Waals surface area contributed by atoms with Crippen LogP contribution < -0.4 is 15.0 Å². The van der Waals surface area contributed by atoms with Crippen molar-refractivity contribution < 1.29 is 24.1 Å². The summed E-state index contributed by atoms with van der Waals surface area (Å²) >= 11 is 0. The molecule has 210 valence electrons. The molecule has 0 spiro atoms. The van der Waals surface area contributed by atoms with Crippen LogP contribution in [0.3, 0.4) is 0 Å². The first-order valence-corrected chi connectivity index (χ1v) is 13.0. The van der Waals surface area contributed by atoms with E-state index in [0.717, 1.165) is 39.5 Å². The van der Waals surface area contributed by atoms with Crippen LogP contribution in [0, 0.1) is 0 Å². The number of imidazole rings is 1. The van der Waals surface area contributed by atoms with Crippen molar-refractivity contribution in [3.05, 3.63) is 95.9 Å². The molecule has 0 aliphatic carbocycles. The van der Waals surface area contributed by atoms with Gasteiger partial charge in [0.25, 0.3) is 0 Å². The molecule has 0 atom stereocenters. The number of benzene rings is 2. The molecule has 0 saturated carbocycles. The van der Waals surface area contributed by atoms with Crippen molar-refractivity contribution in [3.63, 3.8) is 0 Å². The molecule has 0 unspecified atom stereocenters. The predicted octanol–water partition coefficient (Wildman–Crippen LogP) is 4.28. The SMILES string of the molecule is COc1ccc(CN(C)c2cc(Nc3cccc(-c4ccc(C5OCCO5)cn4)c3)nn3c(C(=O)O)cnc23)cc1.[KH]. The van der Waals surface area contributed by atoms with E-state index in [1.165, 1.54) is 10.7 Å². The molecule has 6 rings (SSSR count). The second-order valence-electron chi connectivity index (χ2n) is 9.56. The van der Waals surface area contributed by atoms with Crippen LogP contribution in [-0.4, -0.2) is 109 Å². The van der Waals surface area contributed by atoms with Gasteiger partial charge in [-0.3, -0.25) is 4.98 Å². The third-order valence-corrected chi connectivity index (χ3v) is 6.77. The number of fused-ring (bicyclic) bond motifs is 1. The Morgan fingerprint density at radius 2 is 1.86 bits per heavy atom. The zero-order chi connectivity index (χ0) is 28.3. The third kappa shape index (κ3) is 6.50. The van der Waals surface area contributed by atoms with E-state index in [4.69, 9.17) is 14.2 Å². The summed E-state index contributed by atoms with van der Waals surface area (Å²) < 4.78 is 17.7. The topological polar surface area (TPSA) is 123 Å². The van der Waals surface area contributed by atoms with Crippen LogP contribution in [-0.2, 0) is 16.0 Å². The normalized spacial score (nSPS) is 13.1. The summed E-state index contributed by atoms with van der Waals surface area (Å²) in [6.07, 6.45) is 2.70. The fraction of sp³-hybridized carbons (Fsp3) is 0.200. The van der Waals surface area contributed by atoms with E-state index >= 15 is 0 Å². The summed E-state index contributed by atoms with van der Waals surface area (Å²) in [7, 11) is 3.56. The number of carboxylic acid groups (broad SMARTS) is 1.